The van der Waals surface area contributed by atoms with Gasteiger partial charge in [-0.05, 0) is 43.0 Å². The highest BCUT2D eigenvalue weighted by atomic mass is 32.1. The van der Waals surface area contributed by atoms with Gasteiger partial charge in [0.05, 0.1) is 10.8 Å². The van der Waals surface area contributed by atoms with E-state index in [0.717, 1.165) is 43.8 Å². The molecule has 2 fully saturated rings. The summed E-state index contributed by atoms with van der Waals surface area (Å²) in [7, 11) is 0. The van der Waals surface area contributed by atoms with Crippen LogP contribution in [0.3, 0.4) is 0 Å². The summed E-state index contributed by atoms with van der Waals surface area (Å²) in [5.41, 5.74) is 0. The summed E-state index contributed by atoms with van der Waals surface area (Å²) in [5, 5.41) is 1.93. The van der Waals surface area contributed by atoms with Gasteiger partial charge in [-0.25, -0.2) is 0 Å². The Labute approximate surface area is 136 Å². The largest absolute Gasteiger partial charge is 0.342 e. The molecule has 1 aromatic heterocycles. The predicted molar refractivity (Wildman–Crippen MR) is 87.9 cm³/mol. The van der Waals surface area contributed by atoms with E-state index in [1.807, 2.05) is 27.3 Å². The average molecular weight is 320 g/mol. The zero-order valence-corrected chi connectivity index (χ0v) is 14.0. The van der Waals surface area contributed by atoms with Gasteiger partial charge in [-0.2, -0.15) is 0 Å². The molecule has 0 bridgehead atoms. The lowest BCUT2D eigenvalue weighted by atomic mass is 9.93. The maximum absolute atomic E-state index is 12.7. The lowest BCUT2D eigenvalue weighted by Crippen LogP contribution is -2.48. The van der Waals surface area contributed by atoms with Crippen LogP contribution >= 0.6 is 11.3 Å². The molecule has 120 valence electrons. The van der Waals surface area contributed by atoms with E-state index in [0.29, 0.717) is 12.5 Å². The van der Waals surface area contributed by atoms with Crippen LogP contribution in [0.1, 0.15) is 42.3 Å². The van der Waals surface area contributed by atoms with Crippen LogP contribution in [0.4, 0.5) is 0 Å². The van der Waals surface area contributed by atoms with Crippen molar-refractivity contribution in [3.8, 4) is 0 Å². The van der Waals surface area contributed by atoms with Gasteiger partial charge in [0, 0.05) is 26.2 Å². The number of rotatable bonds is 2. The van der Waals surface area contributed by atoms with E-state index in [2.05, 4.69) is 6.92 Å². The summed E-state index contributed by atoms with van der Waals surface area (Å²) in [6.45, 7) is 5.34. The highest BCUT2D eigenvalue weighted by molar-refractivity contribution is 7.12. The van der Waals surface area contributed by atoms with E-state index in [1.54, 1.807) is 0 Å². The van der Waals surface area contributed by atoms with E-state index < -0.39 is 0 Å². The molecule has 0 radical (unpaired) electrons. The Balaban J connectivity index is 1.62. The van der Waals surface area contributed by atoms with Crippen LogP contribution in [0.2, 0.25) is 0 Å². The molecule has 3 heterocycles. The van der Waals surface area contributed by atoms with Crippen LogP contribution in [0, 0.1) is 11.8 Å². The van der Waals surface area contributed by atoms with Crippen LogP contribution in [0.15, 0.2) is 17.5 Å². The molecule has 2 amide bonds. The molecule has 3 rings (SSSR count). The first-order valence-electron chi connectivity index (χ1n) is 8.26. The Morgan fingerprint density at radius 2 is 1.91 bits per heavy atom. The van der Waals surface area contributed by atoms with Crippen LogP contribution < -0.4 is 0 Å². The van der Waals surface area contributed by atoms with Crippen LogP contribution in [-0.2, 0) is 4.79 Å². The number of amides is 2. The van der Waals surface area contributed by atoms with E-state index in [-0.39, 0.29) is 17.7 Å². The third kappa shape index (κ3) is 3.35. The number of nitrogens with zero attached hydrogens (tertiary/aromatic N) is 2. The topological polar surface area (TPSA) is 40.6 Å². The number of thiophene rings is 1. The summed E-state index contributed by atoms with van der Waals surface area (Å²) < 4.78 is 0. The number of hydrogen-bond acceptors (Lipinski definition) is 3. The van der Waals surface area contributed by atoms with Crippen molar-refractivity contribution in [1.29, 1.82) is 0 Å². The van der Waals surface area contributed by atoms with E-state index in [9.17, 15) is 9.59 Å². The molecule has 2 unspecified atom stereocenters. The van der Waals surface area contributed by atoms with Crippen molar-refractivity contribution in [1.82, 2.24) is 9.80 Å². The summed E-state index contributed by atoms with van der Waals surface area (Å²) in [5.74, 6) is 0.933. The van der Waals surface area contributed by atoms with Gasteiger partial charge >= 0.3 is 0 Å². The quantitative estimate of drug-likeness (QED) is 0.841. The molecule has 22 heavy (non-hydrogen) atoms. The molecule has 0 aliphatic carbocycles. The fourth-order valence-electron chi connectivity index (χ4n) is 3.57. The molecule has 5 heteroatoms. The van der Waals surface area contributed by atoms with Crippen molar-refractivity contribution in [3.05, 3.63) is 22.4 Å². The third-order valence-electron chi connectivity index (χ3n) is 4.76. The zero-order chi connectivity index (χ0) is 15.5. The molecule has 0 saturated carbocycles. The molecular formula is C17H24N2O2S. The first kappa shape index (κ1) is 15.5. The summed E-state index contributed by atoms with van der Waals surface area (Å²) in [6.07, 6.45) is 4.17. The number of carbonyl (C=O) groups is 2. The molecule has 0 spiro atoms. The highest BCUT2D eigenvalue weighted by Gasteiger charge is 2.33. The van der Waals surface area contributed by atoms with Gasteiger partial charge in [-0.1, -0.05) is 13.0 Å². The smallest absolute Gasteiger partial charge is 0.263 e. The Hall–Kier alpha value is -1.36. The van der Waals surface area contributed by atoms with Crippen molar-refractivity contribution in [2.75, 3.05) is 26.2 Å². The van der Waals surface area contributed by atoms with Crippen LogP contribution in [0.25, 0.3) is 0 Å². The standard InChI is InChI=1S/C17H24N2O2S/c1-13-5-2-8-18(11-13)16(20)14-6-3-9-19(12-14)17(21)15-7-4-10-22-15/h4,7,10,13-14H,2-3,5-6,8-9,11-12H2,1H3. The van der Waals surface area contributed by atoms with E-state index in [1.165, 1.54) is 17.8 Å². The van der Waals surface area contributed by atoms with Gasteiger partial charge in [-0.3, -0.25) is 9.59 Å². The van der Waals surface area contributed by atoms with Gasteiger partial charge in [0.2, 0.25) is 5.91 Å². The minimum Gasteiger partial charge on any atom is -0.342 e. The number of carbonyl (C=O) groups excluding carboxylic acids is 2. The minimum atomic E-state index is -0.0111. The van der Waals surface area contributed by atoms with E-state index in [4.69, 9.17) is 0 Å². The summed E-state index contributed by atoms with van der Waals surface area (Å²) >= 11 is 1.48. The monoisotopic (exact) mass is 320 g/mol. The van der Waals surface area contributed by atoms with Gasteiger partial charge in [0.15, 0.2) is 0 Å². The Bertz CT molecular complexity index is 529. The fraction of sp³-hybridized carbons (Fsp3) is 0.647. The van der Waals surface area contributed by atoms with Crippen molar-refractivity contribution < 1.29 is 9.59 Å². The molecular weight excluding hydrogens is 296 g/mol. The predicted octanol–water partition coefficient (Wildman–Crippen LogP) is 2.86. The Morgan fingerprint density at radius 1 is 1.14 bits per heavy atom. The SMILES string of the molecule is CC1CCCN(C(=O)C2CCCN(C(=O)c3cccs3)C2)C1. The Morgan fingerprint density at radius 3 is 2.64 bits per heavy atom. The number of hydrogen-bond donors (Lipinski definition) is 0. The van der Waals surface area contributed by atoms with Gasteiger partial charge in [0.1, 0.15) is 0 Å². The highest BCUT2D eigenvalue weighted by Crippen LogP contribution is 2.24. The maximum atomic E-state index is 12.7. The second kappa shape index (κ2) is 6.82. The van der Waals surface area contributed by atoms with Crippen LogP contribution in [-0.4, -0.2) is 47.8 Å². The second-order valence-electron chi connectivity index (χ2n) is 6.60. The first-order valence-corrected chi connectivity index (χ1v) is 9.14. The molecule has 2 atom stereocenters. The van der Waals surface area contributed by atoms with Gasteiger partial charge in [0.25, 0.3) is 5.91 Å². The van der Waals surface area contributed by atoms with Crippen molar-refractivity contribution in [2.24, 2.45) is 11.8 Å². The molecule has 2 aliphatic heterocycles. The Kier molecular flexibility index (Phi) is 4.81. The lowest BCUT2D eigenvalue weighted by molar-refractivity contribution is -0.138. The van der Waals surface area contributed by atoms with Gasteiger partial charge < -0.3 is 9.80 Å². The minimum absolute atomic E-state index is 0.0111. The normalized spacial score (nSPS) is 26.0. The van der Waals surface area contributed by atoms with Crippen molar-refractivity contribution in [3.63, 3.8) is 0 Å². The first-order chi connectivity index (χ1) is 10.6. The molecule has 2 saturated heterocycles. The molecule has 4 nitrogen and oxygen atoms in total. The average Bonchev–Trinajstić information content (AvgIpc) is 3.08. The fourth-order valence-corrected chi connectivity index (χ4v) is 4.26. The van der Waals surface area contributed by atoms with Crippen molar-refractivity contribution in [2.45, 2.75) is 32.6 Å². The lowest BCUT2D eigenvalue weighted by Gasteiger charge is -2.37. The summed E-state index contributed by atoms with van der Waals surface area (Å²) in [4.78, 5) is 29.9. The molecule has 1 aromatic rings. The zero-order valence-electron chi connectivity index (χ0n) is 13.2. The molecule has 2 aliphatic rings. The molecule has 0 aromatic carbocycles. The third-order valence-corrected chi connectivity index (χ3v) is 5.62. The molecule has 0 N–H and O–H groups in total. The number of piperidine rings is 2. The number of likely N-dealkylation sites (tertiary alicyclic amines) is 2. The van der Waals surface area contributed by atoms with Crippen molar-refractivity contribution >= 4 is 23.2 Å². The maximum Gasteiger partial charge on any atom is 0.263 e. The second-order valence-corrected chi connectivity index (χ2v) is 7.55. The van der Waals surface area contributed by atoms with E-state index >= 15 is 0 Å². The van der Waals surface area contributed by atoms with Crippen LogP contribution in [0.5, 0.6) is 0 Å². The van der Waals surface area contributed by atoms with Gasteiger partial charge in [-0.15, -0.1) is 11.3 Å². The summed E-state index contributed by atoms with van der Waals surface area (Å²) in [6, 6.07) is 3.77.